The van der Waals surface area contributed by atoms with Gasteiger partial charge in [0.15, 0.2) is 6.10 Å². The summed E-state index contributed by atoms with van der Waals surface area (Å²) in [5.41, 5.74) is 0. The SMILES string of the molecule is CCCCCC/C=C\C/C=C\CCCCCCCCCC(=O)OC(COC(=O)CCCCCCCCCCCCCCCCC)COC(=O)CCCCCCCCCCCCCCCCCCCCCC. The van der Waals surface area contributed by atoms with Crippen molar-refractivity contribution < 1.29 is 28.6 Å². The summed E-state index contributed by atoms with van der Waals surface area (Å²) in [5, 5.41) is 0. The fraction of sp³-hybridized carbons (Fsp3) is 0.892. The highest BCUT2D eigenvalue weighted by Gasteiger charge is 2.19. The Bertz CT molecular complexity index is 1150. The minimum Gasteiger partial charge on any atom is -0.462 e. The third-order valence-corrected chi connectivity index (χ3v) is 14.5. The molecular formula is C65H122O6. The topological polar surface area (TPSA) is 78.9 Å². The summed E-state index contributed by atoms with van der Waals surface area (Å²) in [6.07, 6.45) is 71.8. The summed E-state index contributed by atoms with van der Waals surface area (Å²) in [6.45, 7) is 6.69. The highest BCUT2D eigenvalue weighted by Crippen LogP contribution is 2.18. The number of hydrogen-bond acceptors (Lipinski definition) is 6. The molecule has 0 spiro atoms. The lowest BCUT2D eigenvalue weighted by Crippen LogP contribution is -2.30. The standard InChI is InChI=1S/C65H122O6/c1-4-7-10-13-16-19-22-25-28-30-32-33-35-37-40-43-46-49-52-55-58-64(67)70-61-62(60-69-63(66)57-54-51-48-45-42-39-36-27-24-21-18-15-12-9-6-3)71-65(68)59-56-53-50-47-44-41-38-34-31-29-26-23-20-17-14-11-8-5-2/h20,23,29,31,62H,4-19,21-22,24-28,30,32-61H2,1-3H3/b23-20-,31-29-. The molecule has 0 rings (SSSR count). The van der Waals surface area contributed by atoms with Crippen LogP contribution in [0.15, 0.2) is 24.3 Å². The molecule has 0 aromatic rings. The average molecular weight is 1000 g/mol. The summed E-state index contributed by atoms with van der Waals surface area (Å²) < 4.78 is 16.9. The molecular weight excluding hydrogens is 877 g/mol. The highest BCUT2D eigenvalue weighted by molar-refractivity contribution is 5.71. The second-order valence-corrected chi connectivity index (χ2v) is 21.7. The zero-order valence-electron chi connectivity index (χ0n) is 48.0. The number of unbranched alkanes of at least 4 members (excludes halogenated alkanes) is 44. The molecule has 0 heterocycles. The fourth-order valence-corrected chi connectivity index (χ4v) is 9.65. The molecule has 0 aliphatic rings. The summed E-state index contributed by atoms with van der Waals surface area (Å²) in [4.78, 5) is 38.3. The third kappa shape index (κ3) is 58.7. The van der Waals surface area contributed by atoms with Crippen LogP contribution in [0, 0.1) is 0 Å². The van der Waals surface area contributed by atoms with E-state index in [1.54, 1.807) is 0 Å². The van der Waals surface area contributed by atoms with E-state index in [0.29, 0.717) is 19.3 Å². The van der Waals surface area contributed by atoms with Crippen LogP contribution in [-0.2, 0) is 28.6 Å². The van der Waals surface area contributed by atoms with E-state index < -0.39 is 6.10 Å². The summed E-state index contributed by atoms with van der Waals surface area (Å²) in [7, 11) is 0. The van der Waals surface area contributed by atoms with E-state index in [1.807, 2.05) is 0 Å². The lowest BCUT2D eigenvalue weighted by Gasteiger charge is -2.18. The first kappa shape index (κ1) is 68.9. The largest absolute Gasteiger partial charge is 0.462 e. The van der Waals surface area contributed by atoms with E-state index in [9.17, 15) is 14.4 Å². The van der Waals surface area contributed by atoms with Gasteiger partial charge in [-0.05, 0) is 51.4 Å². The van der Waals surface area contributed by atoms with Gasteiger partial charge in [-0.2, -0.15) is 0 Å². The van der Waals surface area contributed by atoms with E-state index in [1.165, 1.54) is 244 Å². The van der Waals surface area contributed by atoms with E-state index >= 15 is 0 Å². The van der Waals surface area contributed by atoms with Gasteiger partial charge < -0.3 is 14.2 Å². The van der Waals surface area contributed by atoms with Crippen molar-refractivity contribution in [3.05, 3.63) is 24.3 Å². The lowest BCUT2D eigenvalue weighted by atomic mass is 10.0. The van der Waals surface area contributed by atoms with Crippen LogP contribution < -0.4 is 0 Å². The Labute approximate surface area is 443 Å². The lowest BCUT2D eigenvalue weighted by molar-refractivity contribution is -0.167. The van der Waals surface area contributed by atoms with Crippen LogP contribution in [0.4, 0.5) is 0 Å². The van der Waals surface area contributed by atoms with Gasteiger partial charge in [-0.15, -0.1) is 0 Å². The highest BCUT2D eigenvalue weighted by atomic mass is 16.6. The van der Waals surface area contributed by atoms with Crippen LogP contribution >= 0.6 is 0 Å². The zero-order valence-corrected chi connectivity index (χ0v) is 48.0. The number of allylic oxidation sites excluding steroid dienone is 4. The molecule has 0 aromatic carbocycles. The van der Waals surface area contributed by atoms with Gasteiger partial charge in [-0.25, -0.2) is 0 Å². The van der Waals surface area contributed by atoms with Crippen molar-refractivity contribution >= 4 is 17.9 Å². The number of hydrogen-bond donors (Lipinski definition) is 0. The number of ether oxygens (including phenoxy) is 3. The van der Waals surface area contributed by atoms with Crippen molar-refractivity contribution in [2.24, 2.45) is 0 Å². The predicted molar refractivity (Wildman–Crippen MR) is 307 cm³/mol. The Balaban J connectivity index is 4.31. The molecule has 0 aliphatic carbocycles. The second kappa shape index (κ2) is 60.4. The monoisotopic (exact) mass is 999 g/mol. The van der Waals surface area contributed by atoms with Gasteiger partial charge in [0.05, 0.1) is 0 Å². The molecule has 0 N–H and O–H groups in total. The van der Waals surface area contributed by atoms with Crippen LogP contribution in [0.3, 0.4) is 0 Å². The smallest absolute Gasteiger partial charge is 0.306 e. The Morgan fingerprint density at radius 2 is 0.507 bits per heavy atom. The molecule has 0 aliphatic heterocycles. The minimum absolute atomic E-state index is 0.0684. The maximum atomic E-state index is 12.9. The molecule has 0 saturated carbocycles. The van der Waals surface area contributed by atoms with Gasteiger partial charge in [0, 0.05) is 19.3 Å². The molecule has 1 unspecified atom stereocenters. The van der Waals surface area contributed by atoms with Crippen LogP contribution in [0.1, 0.15) is 355 Å². The van der Waals surface area contributed by atoms with Crippen LogP contribution in [0.25, 0.3) is 0 Å². The van der Waals surface area contributed by atoms with Crippen molar-refractivity contribution in [2.75, 3.05) is 13.2 Å². The summed E-state index contributed by atoms with van der Waals surface area (Å²) >= 11 is 0. The zero-order chi connectivity index (χ0) is 51.4. The first-order chi connectivity index (χ1) is 35.0. The second-order valence-electron chi connectivity index (χ2n) is 21.7. The summed E-state index contributed by atoms with van der Waals surface area (Å²) in [6, 6.07) is 0. The summed E-state index contributed by atoms with van der Waals surface area (Å²) in [5.74, 6) is -0.848. The minimum atomic E-state index is -0.771. The van der Waals surface area contributed by atoms with Gasteiger partial charge in [0.2, 0.25) is 0 Å². The van der Waals surface area contributed by atoms with Crippen molar-refractivity contribution in [1.29, 1.82) is 0 Å². The van der Waals surface area contributed by atoms with Gasteiger partial charge in [0.1, 0.15) is 13.2 Å². The fourth-order valence-electron chi connectivity index (χ4n) is 9.65. The van der Waals surface area contributed by atoms with Crippen LogP contribution in [-0.4, -0.2) is 37.2 Å². The molecule has 0 radical (unpaired) electrons. The molecule has 1 atom stereocenters. The van der Waals surface area contributed by atoms with Crippen molar-refractivity contribution in [3.63, 3.8) is 0 Å². The van der Waals surface area contributed by atoms with E-state index in [4.69, 9.17) is 14.2 Å². The van der Waals surface area contributed by atoms with Gasteiger partial charge in [0.25, 0.3) is 0 Å². The number of carbonyl (C=O) groups is 3. The van der Waals surface area contributed by atoms with Crippen LogP contribution in [0.2, 0.25) is 0 Å². The van der Waals surface area contributed by atoms with E-state index in [-0.39, 0.29) is 31.1 Å². The first-order valence-electron chi connectivity index (χ1n) is 31.8. The number of rotatable bonds is 59. The van der Waals surface area contributed by atoms with Crippen LogP contribution in [0.5, 0.6) is 0 Å². The van der Waals surface area contributed by atoms with E-state index in [2.05, 4.69) is 45.1 Å². The molecule has 0 amide bonds. The third-order valence-electron chi connectivity index (χ3n) is 14.5. The van der Waals surface area contributed by atoms with Crippen molar-refractivity contribution in [2.45, 2.75) is 361 Å². The quantitative estimate of drug-likeness (QED) is 0.0261. The normalized spacial score (nSPS) is 12.1. The molecule has 0 saturated heterocycles. The molecule has 0 fully saturated rings. The Morgan fingerprint density at radius 3 is 0.789 bits per heavy atom. The van der Waals surface area contributed by atoms with Gasteiger partial charge in [-0.1, -0.05) is 308 Å². The van der Waals surface area contributed by atoms with Gasteiger partial charge in [-0.3, -0.25) is 14.4 Å². The molecule has 418 valence electrons. The molecule has 6 nitrogen and oxygen atoms in total. The first-order valence-corrected chi connectivity index (χ1v) is 31.8. The molecule has 0 aromatic heterocycles. The number of carbonyl (C=O) groups excluding carboxylic acids is 3. The van der Waals surface area contributed by atoms with Crippen molar-refractivity contribution in [3.8, 4) is 0 Å². The predicted octanol–water partition coefficient (Wildman–Crippen LogP) is 21.4. The molecule has 71 heavy (non-hydrogen) atoms. The van der Waals surface area contributed by atoms with Gasteiger partial charge >= 0.3 is 17.9 Å². The van der Waals surface area contributed by atoms with Crippen molar-refractivity contribution in [1.82, 2.24) is 0 Å². The number of esters is 3. The molecule has 0 bridgehead atoms. The Kier molecular flexibility index (Phi) is 58.6. The Morgan fingerprint density at radius 1 is 0.282 bits per heavy atom. The maximum absolute atomic E-state index is 12.9. The van der Waals surface area contributed by atoms with E-state index in [0.717, 1.165) is 70.6 Å². The Hall–Kier alpha value is -2.11. The average Bonchev–Trinajstić information content (AvgIpc) is 3.37. The maximum Gasteiger partial charge on any atom is 0.306 e. The molecule has 6 heteroatoms.